The molecule has 0 radical (unpaired) electrons. The molecule has 0 unspecified atom stereocenters. The zero-order valence-corrected chi connectivity index (χ0v) is 24.6. The molecule has 5 heteroatoms. The highest BCUT2D eigenvalue weighted by Gasteiger charge is 1.98. The van der Waals surface area contributed by atoms with Crippen molar-refractivity contribution in [2.24, 2.45) is 0 Å². The molecule has 0 bridgehead atoms. The molecule has 3 aromatic rings. The maximum atomic E-state index is 3.60. The van der Waals surface area contributed by atoms with Crippen LogP contribution >= 0.6 is 12.4 Å². The molecular weight excluding hydrogens is 500 g/mol. The van der Waals surface area contributed by atoms with Gasteiger partial charge in [0.25, 0.3) is 0 Å². The van der Waals surface area contributed by atoms with Crippen molar-refractivity contribution in [3.63, 3.8) is 0 Å². The van der Waals surface area contributed by atoms with Gasteiger partial charge < -0.3 is 21.3 Å². The second kappa shape index (κ2) is 22.6. The van der Waals surface area contributed by atoms with Gasteiger partial charge in [-0.2, -0.15) is 0 Å². The Balaban J connectivity index is 0.00000533. The van der Waals surface area contributed by atoms with Crippen LogP contribution in [0.5, 0.6) is 0 Å². The molecule has 0 aliphatic rings. The summed E-state index contributed by atoms with van der Waals surface area (Å²) in [6, 6.07) is 30.4. The first kappa shape index (κ1) is 33.0. The normalized spacial score (nSPS) is 10.9. The first-order chi connectivity index (χ1) is 18.9. The molecule has 0 saturated carbocycles. The van der Waals surface area contributed by atoms with Gasteiger partial charge in [-0.05, 0) is 74.1 Å². The van der Waals surface area contributed by atoms with E-state index in [1.54, 1.807) is 0 Å². The summed E-state index contributed by atoms with van der Waals surface area (Å²) in [6.45, 7) is 8.30. The van der Waals surface area contributed by atoms with E-state index < -0.39 is 0 Å². The molecule has 0 aromatic heterocycles. The second-order valence-corrected chi connectivity index (χ2v) is 10.3. The Kier molecular flexibility index (Phi) is 19.1. The van der Waals surface area contributed by atoms with E-state index in [4.69, 9.17) is 0 Å². The van der Waals surface area contributed by atoms with Gasteiger partial charge in [0.15, 0.2) is 0 Å². The van der Waals surface area contributed by atoms with Crippen LogP contribution < -0.4 is 21.3 Å². The molecule has 0 aliphatic heterocycles. The molecular formula is C34H51ClN4. The molecule has 214 valence electrons. The Morgan fingerprint density at radius 3 is 0.846 bits per heavy atom. The van der Waals surface area contributed by atoms with E-state index in [0.717, 1.165) is 52.4 Å². The summed E-state index contributed by atoms with van der Waals surface area (Å²) in [4.78, 5) is 0. The minimum Gasteiger partial charge on any atom is -0.313 e. The monoisotopic (exact) mass is 550 g/mol. The lowest BCUT2D eigenvalue weighted by Crippen LogP contribution is -2.16. The topological polar surface area (TPSA) is 48.1 Å². The van der Waals surface area contributed by atoms with Crippen LogP contribution in [0.4, 0.5) is 0 Å². The SMILES string of the molecule is Cl.c1ccc(CNCCCCCCNCc2ccc(CNCCCCCCNCc3ccccc3)cc2)cc1. The van der Waals surface area contributed by atoms with E-state index in [-0.39, 0.29) is 12.4 Å². The minimum absolute atomic E-state index is 0. The van der Waals surface area contributed by atoms with Crippen LogP contribution in [-0.2, 0) is 26.2 Å². The fourth-order valence-corrected chi connectivity index (χ4v) is 4.60. The zero-order valence-electron chi connectivity index (χ0n) is 23.8. The smallest absolute Gasteiger partial charge is 0.0205 e. The van der Waals surface area contributed by atoms with Gasteiger partial charge in [0.2, 0.25) is 0 Å². The summed E-state index contributed by atoms with van der Waals surface area (Å²) < 4.78 is 0. The van der Waals surface area contributed by atoms with Crippen molar-refractivity contribution in [3.05, 3.63) is 107 Å². The van der Waals surface area contributed by atoms with Crippen molar-refractivity contribution in [1.29, 1.82) is 0 Å². The molecule has 0 atom stereocenters. The van der Waals surface area contributed by atoms with Crippen LogP contribution in [0.15, 0.2) is 84.9 Å². The van der Waals surface area contributed by atoms with E-state index in [1.807, 2.05) is 0 Å². The van der Waals surface area contributed by atoms with Crippen LogP contribution in [-0.4, -0.2) is 26.2 Å². The van der Waals surface area contributed by atoms with Crippen molar-refractivity contribution in [1.82, 2.24) is 21.3 Å². The van der Waals surface area contributed by atoms with Gasteiger partial charge in [-0.1, -0.05) is 111 Å². The highest BCUT2D eigenvalue weighted by Crippen LogP contribution is 2.06. The van der Waals surface area contributed by atoms with Crippen LogP contribution in [0.2, 0.25) is 0 Å². The Hall–Kier alpha value is -2.21. The lowest BCUT2D eigenvalue weighted by molar-refractivity contribution is 0.562. The number of nitrogens with one attached hydrogen (secondary N) is 4. The number of hydrogen-bond acceptors (Lipinski definition) is 4. The highest BCUT2D eigenvalue weighted by atomic mass is 35.5. The third-order valence-corrected chi connectivity index (χ3v) is 6.94. The van der Waals surface area contributed by atoms with Gasteiger partial charge in [-0.25, -0.2) is 0 Å². The summed E-state index contributed by atoms with van der Waals surface area (Å²) in [7, 11) is 0. The first-order valence-electron chi connectivity index (χ1n) is 14.9. The Morgan fingerprint density at radius 1 is 0.308 bits per heavy atom. The molecule has 3 rings (SSSR count). The van der Waals surface area contributed by atoms with E-state index in [0.29, 0.717) is 0 Å². The third-order valence-electron chi connectivity index (χ3n) is 6.94. The molecule has 39 heavy (non-hydrogen) atoms. The van der Waals surface area contributed by atoms with Gasteiger partial charge >= 0.3 is 0 Å². The van der Waals surface area contributed by atoms with Gasteiger partial charge in [0, 0.05) is 26.2 Å². The molecule has 0 amide bonds. The van der Waals surface area contributed by atoms with Crippen molar-refractivity contribution in [2.75, 3.05) is 26.2 Å². The summed E-state index contributed by atoms with van der Waals surface area (Å²) >= 11 is 0. The zero-order chi connectivity index (χ0) is 26.4. The average Bonchev–Trinajstić information content (AvgIpc) is 2.97. The molecule has 0 spiro atoms. The van der Waals surface area contributed by atoms with E-state index in [1.165, 1.54) is 73.6 Å². The molecule has 0 aliphatic carbocycles. The molecule has 3 aromatic carbocycles. The van der Waals surface area contributed by atoms with Gasteiger partial charge in [0.1, 0.15) is 0 Å². The Morgan fingerprint density at radius 2 is 0.564 bits per heavy atom. The van der Waals surface area contributed by atoms with Crippen molar-refractivity contribution < 1.29 is 0 Å². The molecule has 4 nitrogen and oxygen atoms in total. The first-order valence-corrected chi connectivity index (χ1v) is 14.9. The predicted octanol–water partition coefficient (Wildman–Crippen LogP) is 6.99. The largest absolute Gasteiger partial charge is 0.313 e. The van der Waals surface area contributed by atoms with E-state index in [9.17, 15) is 0 Å². The maximum absolute atomic E-state index is 3.60. The third kappa shape index (κ3) is 16.5. The van der Waals surface area contributed by atoms with Crippen molar-refractivity contribution >= 4 is 12.4 Å². The second-order valence-electron chi connectivity index (χ2n) is 10.3. The average molecular weight is 551 g/mol. The lowest BCUT2D eigenvalue weighted by Gasteiger charge is -2.08. The Labute approximate surface area is 244 Å². The van der Waals surface area contributed by atoms with E-state index >= 15 is 0 Å². The summed E-state index contributed by atoms with van der Waals surface area (Å²) in [5.74, 6) is 0. The van der Waals surface area contributed by atoms with Crippen LogP contribution in [0, 0.1) is 0 Å². The molecule has 0 fully saturated rings. The number of halogens is 1. The molecule has 0 heterocycles. The van der Waals surface area contributed by atoms with Crippen LogP contribution in [0.3, 0.4) is 0 Å². The maximum Gasteiger partial charge on any atom is 0.0205 e. The highest BCUT2D eigenvalue weighted by molar-refractivity contribution is 5.85. The van der Waals surface area contributed by atoms with Gasteiger partial charge in [-0.15, -0.1) is 12.4 Å². The fourth-order valence-electron chi connectivity index (χ4n) is 4.60. The number of hydrogen-bond donors (Lipinski definition) is 4. The number of rotatable bonds is 22. The number of unbranched alkanes of at least 4 members (excludes halogenated alkanes) is 6. The van der Waals surface area contributed by atoms with E-state index in [2.05, 4.69) is 106 Å². The summed E-state index contributed by atoms with van der Waals surface area (Å²) in [6.07, 6.45) is 10.2. The van der Waals surface area contributed by atoms with Crippen molar-refractivity contribution in [3.8, 4) is 0 Å². The standard InChI is InChI=1S/C34H50N4.ClH/c1(11-23-35-27-31-15-7-5-8-16-31)3-13-25-37-29-33-19-21-34(22-20-33)30-38-26-14-4-2-12-24-36-28-32-17-9-6-10-18-32;/h5-10,15-22,35-38H,1-4,11-14,23-30H2;1H. The van der Waals surface area contributed by atoms with Gasteiger partial charge in [0.05, 0.1) is 0 Å². The van der Waals surface area contributed by atoms with Crippen LogP contribution in [0.1, 0.15) is 73.6 Å². The minimum atomic E-state index is 0. The van der Waals surface area contributed by atoms with Crippen LogP contribution in [0.25, 0.3) is 0 Å². The molecule has 0 saturated heterocycles. The summed E-state index contributed by atoms with van der Waals surface area (Å²) in [5.41, 5.74) is 5.48. The quantitative estimate of drug-likeness (QED) is 0.102. The van der Waals surface area contributed by atoms with Crippen molar-refractivity contribution in [2.45, 2.75) is 77.5 Å². The molecule has 4 N–H and O–H groups in total. The van der Waals surface area contributed by atoms with Gasteiger partial charge in [-0.3, -0.25) is 0 Å². The fraction of sp³-hybridized carbons (Fsp3) is 0.471. The Bertz CT molecular complexity index is 856. The lowest BCUT2D eigenvalue weighted by atomic mass is 10.1. The number of benzene rings is 3. The summed E-state index contributed by atoms with van der Waals surface area (Å²) in [5, 5.41) is 14.3. The predicted molar refractivity (Wildman–Crippen MR) is 170 cm³/mol.